The van der Waals surface area contributed by atoms with Gasteiger partial charge in [0.2, 0.25) is 0 Å². The molecule has 0 saturated heterocycles. The van der Waals surface area contributed by atoms with Crippen molar-refractivity contribution >= 4 is 33.5 Å². The molecule has 5 nitrogen and oxygen atoms in total. The zero-order valence-corrected chi connectivity index (χ0v) is 12.9. The Bertz CT molecular complexity index is 613. The van der Waals surface area contributed by atoms with Gasteiger partial charge in [-0.3, -0.25) is 4.79 Å². The van der Waals surface area contributed by atoms with Gasteiger partial charge in [-0.1, -0.05) is 0 Å². The molecule has 0 fully saturated rings. The summed E-state index contributed by atoms with van der Waals surface area (Å²) >= 11 is 3.37. The Kier molecular flexibility index (Phi) is 4.68. The van der Waals surface area contributed by atoms with Crippen molar-refractivity contribution in [2.75, 3.05) is 17.2 Å². The van der Waals surface area contributed by atoms with Gasteiger partial charge >= 0.3 is 0 Å². The van der Waals surface area contributed by atoms with Gasteiger partial charge < -0.3 is 10.6 Å². The summed E-state index contributed by atoms with van der Waals surface area (Å²) in [7, 11) is 0. The Labute approximate surface area is 126 Å². The summed E-state index contributed by atoms with van der Waals surface area (Å²) < 4.78 is 0.909. The van der Waals surface area contributed by atoms with Crippen LogP contribution in [0.15, 0.2) is 35.1 Å². The summed E-state index contributed by atoms with van der Waals surface area (Å²) in [5.41, 5.74) is 1.50. The molecule has 104 valence electrons. The molecule has 6 heteroatoms. The maximum atomic E-state index is 12.1. The third kappa shape index (κ3) is 3.54. The Morgan fingerprint density at radius 2 is 2.00 bits per heavy atom. The number of hydrogen-bond donors (Lipinski definition) is 2. The molecule has 0 aliphatic rings. The number of aromatic nitrogens is 2. The molecule has 2 aromatic rings. The third-order valence-corrected chi connectivity index (χ3v) is 3.50. The lowest BCUT2D eigenvalue weighted by Crippen LogP contribution is -2.13. The number of carbonyl (C=O) groups excluding carboxylic acids is 1. The first-order valence-corrected chi connectivity index (χ1v) is 7.03. The zero-order chi connectivity index (χ0) is 14.5. The van der Waals surface area contributed by atoms with Gasteiger partial charge in [-0.05, 0) is 53.5 Å². The van der Waals surface area contributed by atoms with E-state index in [9.17, 15) is 4.79 Å². The van der Waals surface area contributed by atoms with Crippen LogP contribution in [0, 0.1) is 6.92 Å². The van der Waals surface area contributed by atoms with E-state index >= 15 is 0 Å². The quantitative estimate of drug-likeness (QED) is 0.900. The molecule has 0 bridgehead atoms. The van der Waals surface area contributed by atoms with Gasteiger partial charge in [0.25, 0.3) is 5.91 Å². The Balaban J connectivity index is 2.09. The molecule has 0 saturated carbocycles. The fourth-order valence-corrected chi connectivity index (χ4v) is 1.83. The van der Waals surface area contributed by atoms with Crippen molar-refractivity contribution in [1.29, 1.82) is 0 Å². The van der Waals surface area contributed by atoms with E-state index in [1.54, 1.807) is 24.5 Å². The number of aryl methyl sites for hydroxylation is 1. The minimum atomic E-state index is -0.227. The molecule has 2 heterocycles. The molecular weight excluding hydrogens is 320 g/mol. The van der Waals surface area contributed by atoms with Crippen molar-refractivity contribution in [3.63, 3.8) is 0 Å². The van der Waals surface area contributed by atoms with Crippen LogP contribution in [0.5, 0.6) is 0 Å². The molecule has 0 atom stereocenters. The van der Waals surface area contributed by atoms with Crippen LogP contribution in [-0.2, 0) is 0 Å². The lowest BCUT2D eigenvalue weighted by molar-refractivity contribution is 0.102. The van der Waals surface area contributed by atoms with E-state index in [1.165, 1.54) is 0 Å². The topological polar surface area (TPSA) is 66.9 Å². The molecule has 2 rings (SSSR count). The first-order valence-electron chi connectivity index (χ1n) is 6.23. The average Bonchev–Trinajstić information content (AvgIpc) is 2.44. The largest absolute Gasteiger partial charge is 0.370 e. The number of anilines is 2. The van der Waals surface area contributed by atoms with Crippen LogP contribution in [0.2, 0.25) is 0 Å². The third-order valence-electron chi connectivity index (χ3n) is 2.67. The summed E-state index contributed by atoms with van der Waals surface area (Å²) in [5.74, 6) is 1.04. The molecule has 2 N–H and O–H groups in total. The lowest BCUT2D eigenvalue weighted by atomic mass is 10.2. The van der Waals surface area contributed by atoms with Gasteiger partial charge in [-0.25, -0.2) is 9.97 Å². The molecule has 0 aliphatic carbocycles. The van der Waals surface area contributed by atoms with Gasteiger partial charge in [-0.15, -0.1) is 0 Å². The number of halogens is 1. The van der Waals surface area contributed by atoms with E-state index in [1.807, 2.05) is 19.9 Å². The zero-order valence-electron chi connectivity index (χ0n) is 11.3. The molecule has 0 aromatic carbocycles. The highest BCUT2D eigenvalue weighted by Gasteiger charge is 2.08. The van der Waals surface area contributed by atoms with Crippen molar-refractivity contribution in [2.45, 2.75) is 13.8 Å². The van der Waals surface area contributed by atoms with Gasteiger partial charge in [0.15, 0.2) is 0 Å². The minimum Gasteiger partial charge on any atom is -0.370 e. The second-order valence-electron chi connectivity index (χ2n) is 4.24. The van der Waals surface area contributed by atoms with E-state index in [-0.39, 0.29) is 5.91 Å². The smallest absolute Gasteiger partial charge is 0.258 e. The number of carbonyl (C=O) groups is 1. The normalized spacial score (nSPS) is 10.2. The first kappa shape index (κ1) is 14.5. The second kappa shape index (κ2) is 6.47. The summed E-state index contributed by atoms with van der Waals surface area (Å²) in [6.07, 6.45) is 3.20. The number of rotatable bonds is 4. The number of nitrogens with one attached hydrogen (secondary N) is 2. The van der Waals surface area contributed by atoms with Crippen LogP contribution < -0.4 is 10.6 Å². The molecule has 0 unspecified atom stereocenters. The van der Waals surface area contributed by atoms with Gasteiger partial charge in [0.1, 0.15) is 11.6 Å². The summed E-state index contributed by atoms with van der Waals surface area (Å²) in [5, 5.41) is 5.82. The average molecular weight is 335 g/mol. The highest BCUT2D eigenvalue weighted by atomic mass is 79.9. The van der Waals surface area contributed by atoms with Crippen molar-refractivity contribution in [3.05, 3.63) is 46.2 Å². The second-order valence-corrected chi connectivity index (χ2v) is 5.09. The van der Waals surface area contributed by atoms with Gasteiger partial charge in [0, 0.05) is 23.4 Å². The van der Waals surface area contributed by atoms with E-state index in [0.29, 0.717) is 11.4 Å². The van der Waals surface area contributed by atoms with Crippen molar-refractivity contribution in [1.82, 2.24) is 9.97 Å². The summed E-state index contributed by atoms with van der Waals surface area (Å²) in [6.45, 7) is 4.72. The molecule has 1 amide bonds. The lowest BCUT2D eigenvalue weighted by Gasteiger charge is -2.07. The van der Waals surface area contributed by atoms with Crippen molar-refractivity contribution < 1.29 is 4.79 Å². The monoisotopic (exact) mass is 334 g/mol. The van der Waals surface area contributed by atoms with Gasteiger partial charge in [0.05, 0.1) is 5.56 Å². The minimum absolute atomic E-state index is 0.227. The van der Waals surface area contributed by atoms with Crippen LogP contribution in [0.3, 0.4) is 0 Å². The fraction of sp³-hybridized carbons (Fsp3) is 0.214. The van der Waals surface area contributed by atoms with Crippen molar-refractivity contribution in [2.24, 2.45) is 0 Å². The Morgan fingerprint density at radius 3 is 2.60 bits per heavy atom. The van der Waals surface area contributed by atoms with E-state index in [0.717, 1.165) is 22.4 Å². The van der Waals surface area contributed by atoms with Crippen molar-refractivity contribution in [3.8, 4) is 0 Å². The van der Waals surface area contributed by atoms with Gasteiger partial charge in [-0.2, -0.15) is 0 Å². The molecule has 2 aromatic heterocycles. The highest BCUT2D eigenvalue weighted by Crippen LogP contribution is 2.17. The van der Waals surface area contributed by atoms with Crippen LogP contribution in [0.25, 0.3) is 0 Å². The Morgan fingerprint density at radius 1 is 1.25 bits per heavy atom. The van der Waals surface area contributed by atoms with Crippen LogP contribution in [0.1, 0.15) is 22.8 Å². The van der Waals surface area contributed by atoms with Crippen LogP contribution in [0.4, 0.5) is 11.6 Å². The predicted octanol–water partition coefficient (Wildman–Crippen LogP) is 3.23. The molecular formula is C14H15BrN4O. The molecule has 20 heavy (non-hydrogen) atoms. The standard InChI is InChI=1S/C14H15BrN4O/c1-3-16-12-5-4-10(7-17-12)14(20)19-13-6-9(2)11(15)8-18-13/h4-8H,3H2,1-2H3,(H,16,17)(H,18,19,20). The number of nitrogens with zero attached hydrogens (tertiary/aromatic N) is 2. The number of pyridine rings is 2. The summed E-state index contributed by atoms with van der Waals surface area (Å²) in [6, 6.07) is 5.31. The fourth-order valence-electron chi connectivity index (χ4n) is 1.61. The Hall–Kier alpha value is -1.95. The van der Waals surface area contributed by atoms with E-state index in [2.05, 4.69) is 36.5 Å². The van der Waals surface area contributed by atoms with E-state index in [4.69, 9.17) is 0 Å². The number of hydrogen-bond acceptors (Lipinski definition) is 4. The highest BCUT2D eigenvalue weighted by molar-refractivity contribution is 9.10. The summed E-state index contributed by atoms with van der Waals surface area (Å²) in [4.78, 5) is 20.4. The van der Waals surface area contributed by atoms with Crippen LogP contribution >= 0.6 is 15.9 Å². The SMILES string of the molecule is CCNc1ccc(C(=O)Nc2cc(C)c(Br)cn2)cn1. The number of amides is 1. The molecule has 0 radical (unpaired) electrons. The predicted molar refractivity (Wildman–Crippen MR) is 83.0 cm³/mol. The van der Waals surface area contributed by atoms with E-state index < -0.39 is 0 Å². The maximum absolute atomic E-state index is 12.1. The molecule has 0 aliphatic heterocycles. The maximum Gasteiger partial charge on any atom is 0.258 e. The van der Waals surface area contributed by atoms with Crippen LogP contribution in [-0.4, -0.2) is 22.4 Å². The first-order chi connectivity index (χ1) is 9.60. The molecule has 0 spiro atoms.